The van der Waals surface area contributed by atoms with Crippen molar-refractivity contribution < 1.29 is 23.8 Å². The van der Waals surface area contributed by atoms with Crippen LogP contribution in [-0.2, 0) is 9.53 Å². The van der Waals surface area contributed by atoms with Crippen molar-refractivity contribution in [2.75, 3.05) is 32.5 Å². The fourth-order valence-electron chi connectivity index (χ4n) is 1.50. The molecule has 0 aliphatic heterocycles. The minimum absolute atomic E-state index is 0.0580. The van der Waals surface area contributed by atoms with Gasteiger partial charge in [-0.05, 0) is 18.2 Å². The molecule has 0 saturated carbocycles. The number of carboxylic acids is 1. The summed E-state index contributed by atoms with van der Waals surface area (Å²) in [6.07, 6.45) is 0. The van der Waals surface area contributed by atoms with Crippen LogP contribution in [0.4, 0.5) is 10.1 Å². The summed E-state index contributed by atoms with van der Waals surface area (Å²) in [6, 6.07) is 3.37. The minimum atomic E-state index is -1.17. The quantitative estimate of drug-likeness (QED) is 0.738. The molecule has 1 aromatic carbocycles. The van der Waals surface area contributed by atoms with Crippen LogP contribution < -0.4 is 5.73 Å². The van der Waals surface area contributed by atoms with Crippen molar-refractivity contribution in [3.05, 3.63) is 29.6 Å². The largest absolute Gasteiger partial charge is 0.480 e. The number of carboxylic acid groups (broad SMARTS) is 1. The fourth-order valence-corrected chi connectivity index (χ4v) is 1.50. The van der Waals surface area contributed by atoms with Crippen molar-refractivity contribution in [2.45, 2.75) is 0 Å². The van der Waals surface area contributed by atoms with Gasteiger partial charge in [-0.1, -0.05) is 0 Å². The standard InChI is InChI=1S/C12H15FN2O4/c1-19-5-4-15(7-11(16)17)12(18)9-6-8(13)2-3-10(9)14/h2-3,6H,4-5,7,14H2,1H3,(H,16,17). The highest BCUT2D eigenvalue weighted by atomic mass is 19.1. The zero-order valence-corrected chi connectivity index (χ0v) is 10.4. The zero-order valence-electron chi connectivity index (χ0n) is 10.4. The Morgan fingerprint density at radius 1 is 1.47 bits per heavy atom. The number of hydrogen-bond donors (Lipinski definition) is 2. The van der Waals surface area contributed by atoms with E-state index < -0.39 is 24.2 Å². The van der Waals surface area contributed by atoms with Gasteiger partial charge in [0.2, 0.25) is 0 Å². The summed E-state index contributed by atoms with van der Waals surface area (Å²) in [4.78, 5) is 23.9. The van der Waals surface area contributed by atoms with Gasteiger partial charge in [-0.2, -0.15) is 0 Å². The molecule has 1 amide bonds. The molecule has 1 rings (SSSR count). The molecular weight excluding hydrogens is 255 g/mol. The number of methoxy groups -OCH3 is 1. The number of ether oxygens (including phenoxy) is 1. The van der Waals surface area contributed by atoms with Crippen LogP contribution in [0, 0.1) is 5.82 Å². The third kappa shape index (κ3) is 4.22. The highest BCUT2D eigenvalue weighted by molar-refractivity contribution is 6.00. The highest BCUT2D eigenvalue weighted by Gasteiger charge is 2.20. The fraction of sp³-hybridized carbons (Fsp3) is 0.333. The number of halogens is 1. The SMILES string of the molecule is COCCN(CC(=O)O)C(=O)c1cc(F)ccc1N. The van der Waals surface area contributed by atoms with Gasteiger partial charge in [-0.15, -0.1) is 0 Å². The lowest BCUT2D eigenvalue weighted by Crippen LogP contribution is -2.38. The summed E-state index contributed by atoms with van der Waals surface area (Å²) < 4.78 is 17.9. The van der Waals surface area contributed by atoms with Gasteiger partial charge in [0, 0.05) is 19.3 Å². The van der Waals surface area contributed by atoms with E-state index in [0.717, 1.165) is 17.0 Å². The maximum atomic E-state index is 13.1. The topological polar surface area (TPSA) is 92.9 Å². The van der Waals surface area contributed by atoms with Gasteiger partial charge in [-0.3, -0.25) is 9.59 Å². The van der Waals surface area contributed by atoms with E-state index in [1.165, 1.54) is 13.2 Å². The van der Waals surface area contributed by atoms with Crippen LogP contribution in [0.3, 0.4) is 0 Å². The number of rotatable bonds is 6. The summed E-state index contributed by atoms with van der Waals surface area (Å²) in [7, 11) is 1.43. The maximum absolute atomic E-state index is 13.1. The number of aliphatic carboxylic acids is 1. The summed E-state index contributed by atoms with van der Waals surface area (Å²) in [5.41, 5.74) is 5.63. The Hall–Kier alpha value is -2.15. The number of carbonyl (C=O) groups excluding carboxylic acids is 1. The Morgan fingerprint density at radius 3 is 2.74 bits per heavy atom. The molecule has 0 aliphatic carbocycles. The zero-order chi connectivity index (χ0) is 14.4. The molecule has 0 spiro atoms. The van der Waals surface area contributed by atoms with Crippen LogP contribution in [0.1, 0.15) is 10.4 Å². The van der Waals surface area contributed by atoms with Crippen molar-refractivity contribution in [1.29, 1.82) is 0 Å². The first-order valence-electron chi connectivity index (χ1n) is 5.50. The Labute approximate surface area is 109 Å². The van der Waals surface area contributed by atoms with Crippen LogP contribution in [0.2, 0.25) is 0 Å². The van der Waals surface area contributed by atoms with Crippen LogP contribution >= 0.6 is 0 Å². The average Bonchev–Trinajstić information content (AvgIpc) is 2.36. The lowest BCUT2D eigenvalue weighted by atomic mass is 10.1. The predicted molar refractivity (Wildman–Crippen MR) is 66.2 cm³/mol. The molecule has 0 heterocycles. The molecular formula is C12H15FN2O4. The number of benzene rings is 1. The Balaban J connectivity index is 2.97. The van der Waals surface area contributed by atoms with Gasteiger partial charge in [0.1, 0.15) is 12.4 Å². The second-order valence-electron chi connectivity index (χ2n) is 3.84. The Bertz CT molecular complexity index is 479. The molecule has 0 aliphatic rings. The molecule has 0 fully saturated rings. The van der Waals surface area contributed by atoms with E-state index in [9.17, 15) is 14.0 Å². The first-order chi connectivity index (χ1) is 8.95. The van der Waals surface area contributed by atoms with E-state index in [1.807, 2.05) is 0 Å². The highest BCUT2D eigenvalue weighted by Crippen LogP contribution is 2.15. The van der Waals surface area contributed by atoms with Gasteiger partial charge in [-0.25, -0.2) is 4.39 Å². The smallest absolute Gasteiger partial charge is 0.323 e. The molecule has 7 heteroatoms. The number of anilines is 1. The Kier molecular flexibility index (Phi) is 5.25. The number of hydrogen-bond acceptors (Lipinski definition) is 4. The lowest BCUT2D eigenvalue weighted by Gasteiger charge is -2.21. The van der Waals surface area contributed by atoms with Crippen molar-refractivity contribution in [1.82, 2.24) is 4.90 Å². The van der Waals surface area contributed by atoms with Crippen molar-refractivity contribution >= 4 is 17.6 Å². The summed E-state index contributed by atoms with van der Waals surface area (Å²) >= 11 is 0. The van der Waals surface area contributed by atoms with E-state index in [-0.39, 0.29) is 24.4 Å². The molecule has 0 unspecified atom stereocenters. The van der Waals surface area contributed by atoms with E-state index in [0.29, 0.717) is 0 Å². The first-order valence-corrected chi connectivity index (χ1v) is 5.50. The van der Waals surface area contributed by atoms with E-state index in [4.69, 9.17) is 15.6 Å². The van der Waals surface area contributed by atoms with Crippen LogP contribution in [0.5, 0.6) is 0 Å². The monoisotopic (exact) mass is 270 g/mol. The number of nitrogens with two attached hydrogens (primary N) is 1. The molecule has 104 valence electrons. The molecule has 0 aromatic heterocycles. The van der Waals surface area contributed by atoms with Crippen molar-refractivity contribution in [2.24, 2.45) is 0 Å². The predicted octanol–water partition coefficient (Wildman–Crippen LogP) is 0.581. The number of nitrogen functional groups attached to an aromatic ring is 1. The number of amides is 1. The average molecular weight is 270 g/mol. The van der Waals surface area contributed by atoms with E-state index in [2.05, 4.69) is 0 Å². The van der Waals surface area contributed by atoms with Crippen LogP contribution in [-0.4, -0.2) is 48.7 Å². The van der Waals surface area contributed by atoms with Crippen molar-refractivity contribution in [3.8, 4) is 0 Å². The molecule has 19 heavy (non-hydrogen) atoms. The molecule has 0 bridgehead atoms. The molecule has 6 nitrogen and oxygen atoms in total. The van der Waals surface area contributed by atoms with E-state index in [1.54, 1.807) is 0 Å². The first kappa shape index (κ1) is 14.9. The summed E-state index contributed by atoms with van der Waals surface area (Å²) in [5.74, 6) is -2.42. The molecule has 3 N–H and O–H groups in total. The third-order valence-electron chi connectivity index (χ3n) is 2.42. The second-order valence-corrected chi connectivity index (χ2v) is 3.84. The van der Waals surface area contributed by atoms with Crippen LogP contribution in [0.15, 0.2) is 18.2 Å². The molecule has 0 saturated heterocycles. The Morgan fingerprint density at radius 2 is 2.16 bits per heavy atom. The lowest BCUT2D eigenvalue weighted by molar-refractivity contribution is -0.137. The summed E-state index contributed by atoms with van der Waals surface area (Å²) in [6.45, 7) is -0.246. The maximum Gasteiger partial charge on any atom is 0.323 e. The van der Waals surface area contributed by atoms with Crippen molar-refractivity contribution in [3.63, 3.8) is 0 Å². The van der Waals surface area contributed by atoms with Gasteiger partial charge in [0.25, 0.3) is 5.91 Å². The molecule has 0 radical (unpaired) electrons. The molecule has 0 atom stereocenters. The summed E-state index contributed by atoms with van der Waals surface area (Å²) in [5, 5.41) is 8.76. The number of nitrogens with zero attached hydrogens (tertiary/aromatic N) is 1. The third-order valence-corrected chi connectivity index (χ3v) is 2.42. The molecule has 1 aromatic rings. The second kappa shape index (κ2) is 6.69. The van der Waals surface area contributed by atoms with Gasteiger partial charge in [0.15, 0.2) is 0 Å². The normalized spacial score (nSPS) is 10.2. The van der Waals surface area contributed by atoms with Crippen LogP contribution in [0.25, 0.3) is 0 Å². The van der Waals surface area contributed by atoms with Gasteiger partial charge < -0.3 is 20.5 Å². The minimum Gasteiger partial charge on any atom is -0.480 e. The van der Waals surface area contributed by atoms with Gasteiger partial charge >= 0.3 is 5.97 Å². The van der Waals surface area contributed by atoms with E-state index >= 15 is 0 Å². The van der Waals surface area contributed by atoms with Gasteiger partial charge in [0.05, 0.1) is 12.2 Å². The number of carbonyl (C=O) groups is 2.